The van der Waals surface area contributed by atoms with Crippen molar-refractivity contribution < 1.29 is 14.3 Å². The number of hydrogen-bond acceptors (Lipinski definition) is 4. The van der Waals surface area contributed by atoms with E-state index in [2.05, 4.69) is 10.3 Å². The molecule has 0 saturated carbocycles. The molecule has 0 saturated heterocycles. The van der Waals surface area contributed by atoms with E-state index < -0.39 is 11.8 Å². The molecule has 2 rings (SSSR count). The molecule has 0 amide bonds. The van der Waals surface area contributed by atoms with Crippen molar-refractivity contribution in [2.24, 2.45) is 0 Å². The highest BCUT2D eigenvalue weighted by Gasteiger charge is 2.05. The molecule has 0 radical (unpaired) electrons. The zero-order valence-electron chi connectivity index (χ0n) is 10.4. The molecule has 0 fully saturated rings. The van der Waals surface area contributed by atoms with E-state index in [9.17, 15) is 9.18 Å². The molecule has 1 heterocycles. The maximum atomic E-state index is 13.0. The van der Waals surface area contributed by atoms with Gasteiger partial charge in [0.15, 0.2) is 5.13 Å². The summed E-state index contributed by atoms with van der Waals surface area (Å²) in [5.41, 5.74) is 1.59. The van der Waals surface area contributed by atoms with Crippen LogP contribution in [-0.2, 0) is 17.8 Å². The molecule has 0 spiro atoms. The normalized spacial score (nSPS) is 10.5. The molecule has 0 aliphatic carbocycles. The number of carboxylic acids is 1. The van der Waals surface area contributed by atoms with Crippen molar-refractivity contribution in [2.45, 2.75) is 19.4 Å². The third-order valence-electron chi connectivity index (χ3n) is 2.57. The Bertz CT molecular complexity index is 618. The molecule has 0 aliphatic rings. The fraction of sp³-hybridized carbons (Fsp3) is 0.231. The summed E-state index contributed by atoms with van der Waals surface area (Å²) in [6.45, 7) is 0.478. The first-order chi connectivity index (χ1) is 9.54. The minimum Gasteiger partial charge on any atom is -0.481 e. The predicted molar refractivity (Wildman–Crippen MR) is 76.8 cm³/mol. The van der Waals surface area contributed by atoms with Crippen LogP contribution in [0.5, 0.6) is 0 Å². The summed E-state index contributed by atoms with van der Waals surface area (Å²) >= 11 is 7.10. The van der Waals surface area contributed by atoms with Crippen molar-refractivity contribution in [1.29, 1.82) is 0 Å². The number of hydrogen-bond donors (Lipinski definition) is 2. The van der Waals surface area contributed by atoms with Gasteiger partial charge in [0.2, 0.25) is 0 Å². The van der Waals surface area contributed by atoms with Gasteiger partial charge in [-0.2, -0.15) is 0 Å². The van der Waals surface area contributed by atoms with Gasteiger partial charge in [0.25, 0.3) is 0 Å². The Labute approximate surface area is 124 Å². The van der Waals surface area contributed by atoms with Gasteiger partial charge >= 0.3 is 5.97 Å². The van der Waals surface area contributed by atoms with Crippen molar-refractivity contribution >= 4 is 34.0 Å². The van der Waals surface area contributed by atoms with Crippen LogP contribution in [0.15, 0.2) is 23.6 Å². The van der Waals surface area contributed by atoms with Gasteiger partial charge in [-0.15, -0.1) is 11.3 Å². The minimum absolute atomic E-state index is 0.0662. The quantitative estimate of drug-likeness (QED) is 0.855. The third-order valence-corrected chi connectivity index (χ3v) is 3.71. The first-order valence-electron chi connectivity index (χ1n) is 5.88. The largest absolute Gasteiger partial charge is 0.481 e. The summed E-state index contributed by atoms with van der Waals surface area (Å²) in [4.78, 5) is 14.7. The molecule has 1 aromatic heterocycles. The number of rotatable bonds is 6. The average Bonchev–Trinajstić information content (AvgIpc) is 2.86. The summed E-state index contributed by atoms with van der Waals surface area (Å²) in [6, 6.07) is 4.52. The second-order valence-electron chi connectivity index (χ2n) is 4.14. The lowest BCUT2D eigenvalue weighted by molar-refractivity contribution is -0.136. The number of carbonyl (C=O) groups is 1. The molecule has 2 N–H and O–H groups in total. The van der Waals surface area contributed by atoms with Crippen molar-refractivity contribution in [3.63, 3.8) is 0 Å². The van der Waals surface area contributed by atoms with Crippen LogP contribution in [0.4, 0.5) is 9.52 Å². The van der Waals surface area contributed by atoms with Crippen LogP contribution in [-0.4, -0.2) is 16.1 Å². The van der Waals surface area contributed by atoms with E-state index in [0.717, 1.165) is 11.3 Å². The second-order valence-corrected chi connectivity index (χ2v) is 5.41. The number of benzene rings is 1. The molecule has 20 heavy (non-hydrogen) atoms. The van der Waals surface area contributed by atoms with Crippen LogP contribution in [0, 0.1) is 5.82 Å². The Balaban J connectivity index is 1.90. The lowest BCUT2D eigenvalue weighted by Crippen LogP contribution is -2.00. The fourth-order valence-electron chi connectivity index (χ4n) is 1.57. The number of thiazole rings is 1. The smallest absolute Gasteiger partial charge is 0.303 e. The van der Waals surface area contributed by atoms with E-state index in [4.69, 9.17) is 16.7 Å². The van der Waals surface area contributed by atoms with Crippen molar-refractivity contribution in [3.8, 4) is 0 Å². The molecule has 106 valence electrons. The van der Waals surface area contributed by atoms with Gasteiger partial charge in [-0.25, -0.2) is 9.37 Å². The van der Waals surface area contributed by atoms with Gasteiger partial charge in [0.05, 0.1) is 17.1 Å². The number of nitrogens with one attached hydrogen (secondary N) is 1. The Kier molecular flexibility index (Phi) is 4.92. The monoisotopic (exact) mass is 314 g/mol. The molecule has 0 unspecified atom stereocenters. The van der Waals surface area contributed by atoms with Gasteiger partial charge in [0.1, 0.15) is 5.82 Å². The number of aromatic nitrogens is 1. The second kappa shape index (κ2) is 6.67. The molecular weight excluding hydrogens is 303 g/mol. The van der Waals surface area contributed by atoms with Gasteiger partial charge in [-0.3, -0.25) is 4.79 Å². The number of carboxylic acid groups (broad SMARTS) is 1. The van der Waals surface area contributed by atoms with Gasteiger partial charge < -0.3 is 10.4 Å². The Morgan fingerprint density at radius 1 is 1.50 bits per heavy atom. The summed E-state index contributed by atoms with van der Waals surface area (Å²) in [5.74, 6) is -1.28. The molecule has 1 aromatic carbocycles. The highest BCUT2D eigenvalue weighted by molar-refractivity contribution is 7.13. The number of anilines is 1. The van der Waals surface area contributed by atoms with Gasteiger partial charge in [-0.1, -0.05) is 17.7 Å². The number of halogens is 2. The highest BCUT2D eigenvalue weighted by atomic mass is 35.5. The molecule has 0 atom stereocenters. The molecular formula is C13H12ClFN2O2S. The first-order valence-corrected chi connectivity index (χ1v) is 7.14. The zero-order chi connectivity index (χ0) is 14.5. The molecule has 4 nitrogen and oxygen atoms in total. The fourth-order valence-corrected chi connectivity index (χ4v) is 2.51. The van der Waals surface area contributed by atoms with E-state index >= 15 is 0 Å². The molecule has 2 aromatic rings. The molecule has 0 aliphatic heterocycles. The summed E-state index contributed by atoms with van der Waals surface area (Å²) in [5, 5.41) is 14.3. The van der Waals surface area contributed by atoms with E-state index in [-0.39, 0.29) is 11.4 Å². The van der Waals surface area contributed by atoms with Crippen molar-refractivity contribution in [1.82, 2.24) is 4.98 Å². The minimum atomic E-state index is -0.839. The van der Waals surface area contributed by atoms with Crippen molar-refractivity contribution in [3.05, 3.63) is 45.7 Å². The lowest BCUT2D eigenvalue weighted by atomic mass is 10.2. The highest BCUT2D eigenvalue weighted by Crippen LogP contribution is 2.19. The molecule has 0 bridgehead atoms. The Hall–Kier alpha value is -1.66. The SMILES string of the molecule is O=C(O)CCc1csc(NCc2ccc(F)c(Cl)c2)n1. The van der Waals surface area contributed by atoms with Crippen molar-refractivity contribution in [2.75, 3.05) is 5.32 Å². The van der Waals surface area contributed by atoms with Crippen LogP contribution in [0.25, 0.3) is 0 Å². The van der Waals surface area contributed by atoms with Crippen LogP contribution in [0.1, 0.15) is 17.7 Å². The maximum Gasteiger partial charge on any atom is 0.303 e. The Morgan fingerprint density at radius 3 is 3.00 bits per heavy atom. The number of aryl methyl sites for hydroxylation is 1. The van der Waals surface area contributed by atoms with Crippen LogP contribution in [0.2, 0.25) is 5.02 Å². The summed E-state index contributed by atoms with van der Waals surface area (Å²) < 4.78 is 13.0. The molecule has 7 heteroatoms. The maximum absolute atomic E-state index is 13.0. The average molecular weight is 315 g/mol. The van der Waals surface area contributed by atoms with E-state index in [0.29, 0.717) is 18.1 Å². The van der Waals surface area contributed by atoms with Crippen LogP contribution < -0.4 is 5.32 Å². The number of aliphatic carboxylic acids is 1. The summed E-state index contributed by atoms with van der Waals surface area (Å²) in [6.07, 6.45) is 0.479. The van der Waals surface area contributed by atoms with E-state index in [1.54, 1.807) is 12.1 Å². The third kappa shape index (κ3) is 4.18. The van der Waals surface area contributed by atoms with Crippen LogP contribution in [0.3, 0.4) is 0 Å². The predicted octanol–water partition coefficient (Wildman–Crippen LogP) is 3.56. The topological polar surface area (TPSA) is 62.2 Å². The Morgan fingerprint density at radius 2 is 2.30 bits per heavy atom. The van der Waals surface area contributed by atoms with Crippen LogP contribution >= 0.6 is 22.9 Å². The zero-order valence-corrected chi connectivity index (χ0v) is 12.0. The van der Waals surface area contributed by atoms with Gasteiger partial charge in [-0.05, 0) is 17.7 Å². The van der Waals surface area contributed by atoms with E-state index in [1.807, 2.05) is 5.38 Å². The number of nitrogens with zero attached hydrogens (tertiary/aromatic N) is 1. The van der Waals surface area contributed by atoms with Gasteiger partial charge in [0, 0.05) is 18.3 Å². The van der Waals surface area contributed by atoms with E-state index in [1.165, 1.54) is 17.4 Å². The standard InChI is InChI=1S/C13H12ClFN2O2S/c14-10-5-8(1-3-11(10)15)6-16-13-17-9(7-20-13)2-4-12(18)19/h1,3,5,7H,2,4,6H2,(H,16,17)(H,18,19). The first kappa shape index (κ1) is 14.7. The lowest BCUT2D eigenvalue weighted by Gasteiger charge is -2.03. The summed E-state index contributed by atoms with van der Waals surface area (Å²) in [7, 11) is 0.